The van der Waals surface area contributed by atoms with E-state index < -0.39 is 31.0 Å². The number of nitrogens with one attached hydrogen (secondary N) is 1. The van der Waals surface area contributed by atoms with Crippen molar-refractivity contribution in [2.45, 2.75) is 59.2 Å². The first-order valence-electron chi connectivity index (χ1n) is 10.2. The van der Waals surface area contributed by atoms with Gasteiger partial charge in [-0.3, -0.25) is 4.57 Å². The van der Waals surface area contributed by atoms with E-state index in [-0.39, 0.29) is 38.9 Å². The second-order valence-electron chi connectivity index (χ2n) is 8.86. The number of ether oxygens (including phenoxy) is 4. The summed E-state index contributed by atoms with van der Waals surface area (Å²) in [5.74, 6) is 0. The van der Waals surface area contributed by atoms with Crippen molar-refractivity contribution in [2.24, 2.45) is 0 Å². The van der Waals surface area contributed by atoms with E-state index in [0.717, 1.165) is 0 Å². The first-order valence-corrected chi connectivity index (χ1v) is 12.0. The molecule has 0 bridgehead atoms. The Kier molecular flexibility index (Phi) is 13.3. The number of rotatable bonds is 13. The molecule has 0 aliphatic carbocycles. The van der Waals surface area contributed by atoms with Crippen LogP contribution in [0.3, 0.4) is 0 Å². The number of carbonyl (C=O) groups is 2. The average molecular weight is 471 g/mol. The molecule has 0 unspecified atom stereocenters. The monoisotopic (exact) mass is 470 g/mol. The number of carbonyl (C=O) groups excluding carboxylic acids is 2. The van der Waals surface area contributed by atoms with Gasteiger partial charge in [0.15, 0.2) is 0 Å². The zero-order valence-corrected chi connectivity index (χ0v) is 20.4. The van der Waals surface area contributed by atoms with Crippen LogP contribution in [0.1, 0.15) is 48.0 Å². The van der Waals surface area contributed by atoms with Gasteiger partial charge in [-0.1, -0.05) is 0 Å². The molecule has 184 valence electrons. The largest absolute Gasteiger partial charge is 0.444 e. The van der Waals surface area contributed by atoms with Crippen LogP contribution in [0.5, 0.6) is 0 Å². The highest BCUT2D eigenvalue weighted by molar-refractivity contribution is 7.51. The summed E-state index contributed by atoms with van der Waals surface area (Å²) in [5.41, 5.74) is -1.23. The topological polar surface area (TPSA) is 144 Å². The molecule has 0 spiro atoms. The van der Waals surface area contributed by atoms with Crippen molar-refractivity contribution in [1.82, 2.24) is 10.2 Å². The van der Waals surface area contributed by atoms with E-state index >= 15 is 0 Å². The molecule has 0 heterocycles. The summed E-state index contributed by atoms with van der Waals surface area (Å²) in [7, 11) is -4.12. The molecule has 0 aromatic heterocycles. The third-order valence-electron chi connectivity index (χ3n) is 3.32. The van der Waals surface area contributed by atoms with E-state index in [1.165, 1.54) is 4.90 Å². The highest BCUT2D eigenvalue weighted by Crippen LogP contribution is 2.34. The molecule has 0 radical (unpaired) electrons. The SMILES string of the molecule is CC(C)(C)OC(=O)NCCOCCOCCN(CCCP(=O)(O)O)C(=O)OC(C)(C)C. The highest BCUT2D eigenvalue weighted by atomic mass is 31.2. The van der Waals surface area contributed by atoms with E-state index in [1.54, 1.807) is 41.5 Å². The molecule has 0 atom stereocenters. The van der Waals surface area contributed by atoms with Crippen molar-refractivity contribution in [3.05, 3.63) is 0 Å². The minimum Gasteiger partial charge on any atom is -0.444 e. The summed E-state index contributed by atoms with van der Waals surface area (Å²) in [5, 5.41) is 2.58. The van der Waals surface area contributed by atoms with Crippen LogP contribution in [0.25, 0.3) is 0 Å². The minimum absolute atomic E-state index is 0.149. The Hall–Kier alpha value is -1.39. The van der Waals surface area contributed by atoms with Gasteiger partial charge in [0.25, 0.3) is 0 Å². The van der Waals surface area contributed by atoms with Crippen molar-refractivity contribution in [3.63, 3.8) is 0 Å². The molecular weight excluding hydrogens is 431 g/mol. The van der Waals surface area contributed by atoms with Gasteiger partial charge in [0, 0.05) is 19.6 Å². The Balaban J connectivity index is 4.08. The molecule has 0 rings (SSSR count). The van der Waals surface area contributed by atoms with E-state index in [4.69, 9.17) is 28.7 Å². The Morgan fingerprint density at radius 1 is 0.871 bits per heavy atom. The van der Waals surface area contributed by atoms with Gasteiger partial charge in [0.05, 0.1) is 32.6 Å². The fourth-order valence-electron chi connectivity index (χ4n) is 2.12. The number of alkyl carbamates (subject to hydrolysis) is 1. The van der Waals surface area contributed by atoms with Crippen molar-refractivity contribution in [1.29, 1.82) is 0 Å². The molecule has 3 N–H and O–H groups in total. The van der Waals surface area contributed by atoms with Crippen LogP contribution >= 0.6 is 7.60 Å². The van der Waals surface area contributed by atoms with Crippen LogP contribution in [-0.2, 0) is 23.5 Å². The zero-order chi connectivity index (χ0) is 24.1. The lowest BCUT2D eigenvalue weighted by atomic mass is 10.2. The highest BCUT2D eigenvalue weighted by Gasteiger charge is 2.23. The van der Waals surface area contributed by atoms with Crippen LogP contribution in [0.2, 0.25) is 0 Å². The van der Waals surface area contributed by atoms with E-state index in [2.05, 4.69) is 5.32 Å². The molecule has 12 heteroatoms. The Morgan fingerprint density at radius 3 is 1.94 bits per heavy atom. The lowest BCUT2D eigenvalue weighted by Crippen LogP contribution is -2.39. The van der Waals surface area contributed by atoms with Crippen molar-refractivity contribution in [3.8, 4) is 0 Å². The number of hydrogen-bond donors (Lipinski definition) is 3. The smallest absolute Gasteiger partial charge is 0.410 e. The molecule has 0 fully saturated rings. The first-order chi connectivity index (χ1) is 14.1. The van der Waals surface area contributed by atoms with E-state index in [9.17, 15) is 14.2 Å². The molecular formula is C19H39N2O9P. The molecule has 0 aliphatic rings. The second kappa shape index (κ2) is 13.9. The number of hydrogen-bond acceptors (Lipinski definition) is 7. The molecule has 0 aliphatic heterocycles. The van der Waals surface area contributed by atoms with Crippen molar-refractivity contribution >= 4 is 19.8 Å². The molecule has 2 amide bonds. The Bertz CT molecular complexity index is 582. The van der Waals surface area contributed by atoms with Gasteiger partial charge in [0.1, 0.15) is 11.2 Å². The average Bonchev–Trinajstić information content (AvgIpc) is 2.54. The summed E-state index contributed by atoms with van der Waals surface area (Å²) in [6.07, 6.45) is -1.23. The third-order valence-corrected chi connectivity index (χ3v) is 4.22. The van der Waals surface area contributed by atoms with Crippen LogP contribution in [0.4, 0.5) is 9.59 Å². The summed E-state index contributed by atoms with van der Waals surface area (Å²) < 4.78 is 32.2. The lowest BCUT2D eigenvalue weighted by Gasteiger charge is -2.27. The van der Waals surface area contributed by atoms with Crippen LogP contribution in [-0.4, -0.2) is 90.3 Å². The van der Waals surface area contributed by atoms with E-state index in [0.29, 0.717) is 19.8 Å². The predicted octanol–water partition coefficient (Wildman–Crippen LogP) is 2.35. The maximum absolute atomic E-state index is 12.3. The normalized spacial score (nSPS) is 12.4. The molecule has 0 aromatic carbocycles. The number of nitrogens with zero attached hydrogens (tertiary/aromatic N) is 1. The molecule has 0 saturated heterocycles. The standard InChI is InChI=1S/C19H39N2O9P/c1-18(2,3)29-16(22)20-8-11-27-13-14-28-12-10-21(9-7-15-31(24,25)26)17(23)30-19(4,5)6/h7-15H2,1-6H3,(H,20,22)(H2,24,25,26). The Morgan fingerprint density at radius 2 is 1.42 bits per heavy atom. The fraction of sp³-hybridized carbons (Fsp3) is 0.895. The van der Waals surface area contributed by atoms with Crippen LogP contribution in [0.15, 0.2) is 0 Å². The molecule has 11 nitrogen and oxygen atoms in total. The van der Waals surface area contributed by atoms with E-state index in [1.807, 2.05) is 0 Å². The number of amides is 2. The van der Waals surface area contributed by atoms with Crippen molar-refractivity contribution < 1.29 is 42.9 Å². The Labute approximate surface area is 184 Å². The minimum atomic E-state index is -4.12. The van der Waals surface area contributed by atoms with Crippen LogP contribution in [0, 0.1) is 0 Å². The fourth-order valence-corrected chi connectivity index (χ4v) is 2.68. The van der Waals surface area contributed by atoms with Crippen LogP contribution < -0.4 is 5.32 Å². The second-order valence-corrected chi connectivity index (χ2v) is 10.6. The van der Waals surface area contributed by atoms with Gasteiger partial charge in [-0.25, -0.2) is 9.59 Å². The summed E-state index contributed by atoms with van der Waals surface area (Å²) >= 11 is 0. The maximum atomic E-state index is 12.3. The zero-order valence-electron chi connectivity index (χ0n) is 19.5. The predicted molar refractivity (Wildman–Crippen MR) is 115 cm³/mol. The first kappa shape index (κ1) is 29.6. The van der Waals surface area contributed by atoms with Gasteiger partial charge in [-0.15, -0.1) is 0 Å². The van der Waals surface area contributed by atoms with Gasteiger partial charge in [-0.2, -0.15) is 0 Å². The van der Waals surface area contributed by atoms with Gasteiger partial charge in [-0.05, 0) is 48.0 Å². The molecule has 31 heavy (non-hydrogen) atoms. The maximum Gasteiger partial charge on any atom is 0.410 e. The van der Waals surface area contributed by atoms with Gasteiger partial charge >= 0.3 is 19.8 Å². The quantitative estimate of drug-likeness (QED) is 0.273. The van der Waals surface area contributed by atoms with Gasteiger partial charge < -0.3 is 39.0 Å². The molecule has 0 aromatic rings. The summed E-state index contributed by atoms with van der Waals surface area (Å²) in [6.45, 7) is 12.3. The molecule has 0 saturated carbocycles. The van der Waals surface area contributed by atoms with Gasteiger partial charge in [0.2, 0.25) is 0 Å². The summed E-state index contributed by atoms with van der Waals surface area (Å²) in [4.78, 5) is 43.1. The van der Waals surface area contributed by atoms with Crippen molar-refractivity contribution in [2.75, 3.05) is 52.2 Å². The third kappa shape index (κ3) is 20.3. The lowest BCUT2D eigenvalue weighted by molar-refractivity contribution is 0.0104. The summed E-state index contributed by atoms with van der Waals surface area (Å²) in [6, 6.07) is 0.